The van der Waals surface area contributed by atoms with E-state index in [-0.39, 0.29) is 16.8 Å². The van der Waals surface area contributed by atoms with Crippen LogP contribution >= 0.6 is 12.2 Å². The van der Waals surface area contributed by atoms with Crippen molar-refractivity contribution >= 4 is 28.9 Å². The van der Waals surface area contributed by atoms with E-state index >= 15 is 0 Å². The SMILES string of the molecule is O=C(NC(=S)Nc1cccc(F)c1)C(c1ccccc1)c1ccccc1. The van der Waals surface area contributed by atoms with Crippen molar-refractivity contribution in [3.63, 3.8) is 0 Å². The largest absolute Gasteiger partial charge is 0.332 e. The van der Waals surface area contributed by atoms with Gasteiger partial charge >= 0.3 is 0 Å². The van der Waals surface area contributed by atoms with E-state index in [2.05, 4.69) is 10.6 Å². The lowest BCUT2D eigenvalue weighted by atomic mass is 9.90. The summed E-state index contributed by atoms with van der Waals surface area (Å²) in [4.78, 5) is 12.9. The number of rotatable bonds is 4. The lowest BCUT2D eigenvalue weighted by Gasteiger charge is -2.18. The quantitative estimate of drug-likeness (QED) is 0.671. The van der Waals surface area contributed by atoms with Crippen LogP contribution in [-0.2, 0) is 4.79 Å². The van der Waals surface area contributed by atoms with Crippen LogP contribution in [-0.4, -0.2) is 11.0 Å². The second-order valence-electron chi connectivity index (χ2n) is 5.71. The maximum Gasteiger partial charge on any atom is 0.238 e. The summed E-state index contributed by atoms with van der Waals surface area (Å²) in [6.07, 6.45) is 0. The molecule has 0 unspecified atom stereocenters. The number of carbonyl (C=O) groups is 1. The minimum atomic E-state index is -0.496. The van der Waals surface area contributed by atoms with Crippen LogP contribution in [0.2, 0.25) is 0 Å². The van der Waals surface area contributed by atoms with Crippen molar-refractivity contribution in [1.82, 2.24) is 5.32 Å². The van der Waals surface area contributed by atoms with Crippen LogP contribution in [0.1, 0.15) is 17.0 Å². The molecule has 0 fully saturated rings. The molecule has 2 N–H and O–H groups in total. The van der Waals surface area contributed by atoms with E-state index in [0.29, 0.717) is 5.69 Å². The third-order valence-electron chi connectivity index (χ3n) is 3.85. The van der Waals surface area contributed by atoms with Crippen molar-refractivity contribution in [3.8, 4) is 0 Å². The summed E-state index contributed by atoms with van der Waals surface area (Å²) in [5.74, 6) is -1.13. The van der Waals surface area contributed by atoms with Gasteiger partial charge in [-0.3, -0.25) is 4.79 Å². The fraction of sp³-hybridized carbons (Fsp3) is 0.0476. The zero-order valence-electron chi connectivity index (χ0n) is 13.9. The Labute approximate surface area is 156 Å². The maximum atomic E-state index is 13.3. The molecule has 130 valence electrons. The van der Waals surface area contributed by atoms with Gasteiger partial charge in [0, 0.05) is 5.69 Å². The first-order valence-corrected chi connectivity index (χ1v) is 8.51. The van der Waals surface area contributed by atoms with E-state index in [4.69, 9.17) is 12.2 Å². The molecule has 0 heterocycles. The highest BCUT2D eigenvalue weighted by molar-refractivity contribution is 7.80. The summed E-state index contributed by atoms with van der Waals surface area (Å²) in [5, 5.41) is 5.66. The first-order chi connectivity index (χ1) is 12.6. The molecule has 0 aliphatic carbocycles. The molecule has 0 atom stereocenters. The van der Waals surface area contributed by atoms with Crippen LogP contribution < -0.4 is 10.6 Å². The van der Waals surface area contributed by atoms with Gasteiger partial charge in [0.05, 0.1) is 5.92 Å². The Bertz CT molecular complexity index is 861. The fourth-order valence-electron chi connectivity index (χ4n) is 2.70. The Kier molecular flexibility index (Phi) is 5.71. The lowest BCUT2D eigenvalue weighted by molar-refractivity contribution is -0.120. The molecule has 0 bridgehead atoms. The van der Waals surface area contributed by atoms with Crippen molar-refractivity contribution in [3.05, 3.63) is 102 Å². The first-order valence-electron chi connectivity index (χ1n) is 8.11. The standard InChI is InChI=1S/C21H17FN2OS/c22-17-12-7-13-18(14-17)23-21(26)24-20(25)19(15-8-3-1-4-9-15)16-10-5-2-6-11-16/h1-14,19H,(H2,23,24,25,26). The van der Waals surface area contributed by atoms with Crippen LogP contribution in [0.5, 0.6) is 0 Å². The van der Waals surface area contributed by atoms with Crippen molar-refractivity contribution < 1.29 is 9.18 Å². The number of carbonyl (C=O) groups excluding carboxylic acids is 1. The van der Waals surface area contributed by atoms with E-state index in [1.165, 1.54) is 12.1 Å². The highest BCUT2D eigenvalue weighted by Crippen LogP contribution is 2.24. The maximum absolute atomic E-state index is 13.3. The van der Waals surface area contributed by atoms with Crippen LogP contribution in [0.4, 0.5) is 10.1 Å². The molecule has 5 heteroatoms. The molecule has 0 aliphatic heterocycles. The monoisotopic (exact) mass is 364 g/mol. The zero-order valence-corrected chi connectivity index (χ0v) is 14.7. The lowest BCUT2D eigenvalue weighted by Crippen LogP contribution is -2.37. The van der Waals surface area contributed by atoms with Gasteiger partial charge in [-0.05, 0) is 41.5 Å². The highest BCUT2D eigenvalue weighted by Gasteiger charge is 2.23. The van der Waals surface area contributed by atoms with E-state index in [9.17, 15) is 9.18 Å². The average Bonchev–Trinajstić information content (AvgIpc) is 2.63. The number of thiocarbonyl (C=S) groups is 1. The van der Waals surface area contributed by atoms with Crippen molar-refractivity contribution in [1.29, 1.82) is 0 Å². The van der Waals surface area contributed by atoms with Gasteiger partial charge in [0.1, 0.15) is 5.82 Å². The van der Waals surface area contributed by atoms with Crippen LogP contribution in [0.3, 0.4) is 0 Å². The van der Waals surface area contributed by atoms with Crippen LogP contribution in [0, 0.1) is 5.82 Å². The number of amides is 1. The Balaban J connectivity index is 1.79. The number of hydrogen-bond donors (Lipinski definition) is 2. The second-order valence-corrected chi connectivity index (χ2v) is 6.12. The molecule has 0 aliphatic rings. The highest BCUT2D eigenvalue weighted by atomic mass is 32.1. The molecule has 0 aromatic heterocycles. The average molecular weight is 364 g/mol. The number of anilines is 1. The summed E-state index contributed by atoms with van der Waals surface area (Å²) in [6.45, 7) is 0. The molecular weight excluding hydrogens is 347 g/mol. The first kappa shape index (κ1) is 17.8. The van der Waals surface area contributed by atoms with Gasteiger partial charge in [-0.15, -0.1) is 0 Å². The van der Waals surface area contributed by atoms with Crippen molar-refractivity contribution in [2.24, 2.45) is 0 Å². The van der Waals surface area contributed by atoms with Crippen LogP contribution in [0.15, 0.2) is 84.9 Å². The minimum Gasteiger partial charge on any atom is -0.332 e. The number of nitrogens with one attached hydrogen (secondary N) is 2. The van der Waals surface area contributed by atoms with Gasteiger partial charge in [-0.1, -0.05) is 66.7 Å². The predicted octanol–water partition coefficient (Wildman–Crippen LogP) is 4.47. The molecule has 1 amide bonds. The smallest absolute Gasteiger partial charge is 0.238 e. The Hall–Kier alpha value is -3.05. The summed E-state index contributed by atoms with van der Waals surface area (Å²) in [5.41, 5.74) is 2.21. The summed E-state index contributed by atoms with van der Waals surface area (Å²) in [7, 11) is 0. The molecule has 3 rings (SSSR count). The molecule has 3 nitrogen and oxygen atoms in total. The van der Waals surface area contributed by atoms with Gasteiger partial charge in [0.15, 0.2) is 5.11 Å². The molecular formula is C21H17FN2OS. The topological polar surface area (TPSA) is 41.1 Å². The molecule has 0 saturated heterocycles. The zero-order chi connectivity index (χ0) is 18.4. The van der Waals surface area contributed by atoms with Gasteiger partial charge in [-0.25, -0.2) is 4.39 Å². The Morgan fingerprint density at radius 2 is 1.42 bits per heavy atom. The summed E-state index contributed by atoms with van der Waals surface area (Å²) >= 11 is 5.21. The molecule has 0 spiro atoms. The minimum absolute atomic E-state index is 0.123. The number of halogens is 1. The van der Waals surface area contributed by atoms with Crippen molar-refractivity contribution in [2.75, 3.05) is 5.32 Å². The van der Waals surface area contributed by atoms with Gasteiger partial charge < -0.3 is 10.6 Å². The van der Waals surface area contributed by atoms with E-state index in [0.717, 1.165) is 11.1 Å². The van der Waals surface area contributed by atoms with E-state index in [1.807, 2.05) is 60.7 Å². The molecule has 0 radical (unpaired) electrons. The normalized spacial score (nSPS) is 10.4. The Morgan fingerprint density at radius 1 is 0.846 bits per heavy atom. The molecule has 3 aromatic rings. The molecule has 0 saturated carbocycles. The van der Waals surface area contributed by atoms with Crippen LogP contribution in [0.25, 0.3) is 0 Å². The fourth-order valence-corrected chi connectivity index (χ4v) is 2.92. The third-order valence-corrected chi connectivity index (χ3v) is 4.05. The second kappa shape index (κ2) is 8.36. The Morgan fingerprint density at radius 3 is 1.96 bits per heavy atom. The molecule has 26 heavy (non-hydrogen) atoms. The van der Waals surface area contributed by atoms with Gasteiger partial charge in [0.25, 0.3) is 0 Å². The predicted molar refractivity (Wildman–Crippen MR) is 105 cm³/mol. The number of hydrogen-bond acceptors (Lipinski definition) is 2. The molecule has 3 aromatic carbocycles. The van der Waals surface area contributed by atoms with Gasteiger partial charge in [-0.2, -0.15) is 0 Å². The van der Waals surface area contributed by atoms with Gasteiger partial charge in [0.2, 0.25) is 5.91 Å². The van der Waals surface area contributed by atoms with Crippen molar-refractivity contribution in [2.45, 2.75) is 5.92 Å². The summed E-state index contributed by atoms with van der Waals surface area (Å²) in [6, 6.07) is 24.9. The third kappa shape index (κ3) is 4.52. The summed E-state index contributed by atoms with van der Waals surface area (Å²) < 4.78 is 13.3. The number of benzene rings is 3. The van der Waals surface area contributed by atoms with E-state index in [1.54, 1.807) is 12.1 Å². The van der Waals surface area contributed by atoms with E-state index < -0.39 is 5.92 Å².